The number of nitrogens with one attached hydrogen (secondary N) is 1. The highest BCUT2D eigenvalue weighted by Crippen LogP contribution is 2.22. The van der Waals surface area contributed by atoms with Crippen molar-refractivity contribution in [2.75, 3.05) is 57.7 Å². The first kappa shape index (κ1) is 23.8. The minimum absolute atomic E-state index is 0.0123. The first-order chi connectivity index (χ1) is 15.2. The molecule has 0 aromatic heterocycles. The number of benzene rings is 1. The molecule has 2 aliphatic heterocycles. The van der Waals surface area contributed by atoms with Gasteiger partial charge in [0, 0.05) is 50.9 Å². The van der Waals surface area contributed by atoms with E-state index >= 15 is 0 Å². The fourth-order valence-electron chi connectivity index (χ4n) is 3.85. The number of alkyl halides is 3. The van der Waals surface area contributed by atoms with Crippen LogP contribution < -0.4 is 5.32 Å². The largest absolute Gasteiger partial charge is 0.440 e. The fraction of sp³-hybridized carbons (Fsp3) is 0.571. The van der Waals surface area contributed by atoms with Crippen LogP contribution in [0.3, 0.4) is 0 Å². The van der Waals surface area contributed by atoms with Gasteiger partial charge in [-0.05, 0) is 25.0 Å². The molecule has 2 saturated heterocycles. The third-order valence-corrected chi connectivity index (χ3v) is 5.57. The fourth-order valence-corrected chi connectivity index (χ4v) is 3.85. The van der Waals surface area contributed by atoms with Crippen molar-refractivity contribution in [1.82, 2.24) is 14.7 Å². The molecule has 11 heteroatoms. The van der Waals surface area contributed by atoms with Crippen LogP contribution in [0.5, 0.6) is 0 Å². The second kappa shape index (κ2) is 10.7. The average Bonchev–Trinajstić information content (AvgIpc) is 2.78. The zero-order valence-corrected chi connectivity index (χ0v) is 17.6. The number of para-hydroxylation sites is 1. The second-order valence-corrected chi connectivity index (χ2v) is 7.95. The van der Waals surface area contributed by atoms with E-state index in [2.05, 4.69) is 10.1 Å². The van der Waals surface area contributed by atoms with Crippen LogP contribution in [0.25, 0.3) is 0 Å². The maximum Gasteiger partial charge on any atom is 0.422 e. The molecule has 0 saturated carbocycles. The van der Waals surface area contributed by atoms with Crippen molar-refractivity contribution in [2.45, 2.75) is 19.0 Å². The van der Waals surface area contributed by atoms with Crippen LogP contribution in [0.4, 0.5) is 23.7 Å². The Balaban J connectivity index is 1.36. The minimum atomic E-state index is -4.56. The van der Waals surface area contributed by atoms with Crippen LogP contribution in [0, 0.1) is 5.92 Å². The molecule has 0 atom stereocenters. The van der Waals surface area contributed by atoms with Crippen molar-refractivity contribution in [3.63, 3.8) is 0 Å². The van der Waals surface area contributed by atoms with Gasteiger partial charge in [-0.15, -0.1) is 0 Å². The highest BCUT2D eigenvalue weighted by atomic mass is 19.4. The molecule has 176 valence electrons. The Kier molecular flexibility index (Phi) is 7.94. The summed E-state index contributed by atoms with van der Waals surface area (Å²) >= 11 is 0. The van der Waals surface area contributed by atoms with Gasteiger partial charge >= 0.3 is 12.3 Å². The van der Waals surface area contributed by atoms with Gasteiger partial charge in [-0.25, -0.2) is 4.79 Å². The molecule has 2 fully saturated rings. The maximum atomic E-state index is 12.8. The number of nitrogens with zero attached hydrogens (tertiary/aromatic N) is 3. The number of anilines is 1. The molecule has 0 bridgehead atoms. The predicted molar refractivity (Wildman–Crippen MR) is 110 cm³/mol. The average molecular weight is 456 g/mol. The molecule has 1 aromatic rings. The Labute approximate surface area is 184 Å². The number of carbonyl (C=O) groups is 3. The van der Waals surface area contributed by atoms with Gasteiger partial charge in [-0.3, -0.25) is 14.5 Å². The monoisotopic (exact) mass is 456 g/mol. The van der Waals surface area contributed by atoms with Gasteiger partial charge in [0.05, 0.1) is 6.54 Å². The van der Waals surface area contributed by atoms with E-state index in [1.165, 1.54) is 4.90 Å². The van der Waals surface area contributed by atoms with E-state index < -0.39 is 18.9 Å². The molecule has 32 heavy (non-hydrogen) atoms. The Morgan fingerprint density at radius 3 is 2.16 bits per heavy atom. The third-order valence-electron chi connectivity index (χ3n) is 5.57. The van der Waals surface area contributed by atoms with Crippen LogP contribution in [0.1, 0.15) is 12.8 Å². The van der Waals surface area contributed by atoms with Crippen molar-refractivity contribution < 1.29 is 32.3 Å². The highest BCUT2D eigenvalue weighted by molar-refractivity contribution is 5.92. The van der Waals surface area contributed by atoms with Gasteiger partial charge in [0.25, 0.3) is 0 Å². The molecular formula is C21H27F3N4O4. The number of halogens is 3. The summed E-state index contributed by atoms with van der Waals surface area (Å²) in [7, 11) is 0. The van der Waals surface area contributed by atoms with E-state index in [0.717, 1.165) is 5.69 Å². The van der Waals surface area contributed by atoms with E-state index in [9.17, 15) is 27.6 Å². The molecule has 2 aliphatic rings. The normalized spacial score (nSPS) is 18.3. The molecule has 0 unspecified atom stereocenters. The standard InChI is InChI=1S/C21H27F3N4O4/c22-21(23,24)15-32-20(31)28-8-6-16(7-9-28)19(30)27-12-10-26(11-13-27)14-18(29)25-17-4-2-1-3-5-17/h1-5,16H,6-15H2,(H,25,29). The van der Waals surface area contributed by atoms with Crippen LogP contribution in [0.15, 0.2) is 30.3 Å². The zero-order chi connectivity index (χ0) is 23.1. The molecule has 0 radical (unpaired) electrons. The molecule has 2 heterocycles. The molecule has 1 aromatic carbocycles. The van der Waals surface area contributed by atoms with Crippen molar-refractivity contribution >= 4 is 23.6 Å². The number of carbonyl (C=O) groups excluding carboxylic acids is 3. The van der Waals surface area contributed by atoms with Gasteiger partial charge in [0.1, 0.15) is 0 Å². The molecular weight excluding hydrogens is 429 g/mol. The number of rotatable bonds is 5. The van der Waals surface area contributed by atoms with E-state index in [0.29, 0.717) is 39.0 Å². The van der Waals surface area contributed by atoms with Crippen molar-refractivity contribution in [1.29, 1.82) is 0 Å². The first-order valence-electron chi connectivity index (χ1n) is 10.6. The quantitative estimate of drug-likeness (QED) is 0.735. The summed E-state index contributed by atoms with van der Waals surface area (Å²) in [5, 5.41) is 2.84. The number of hydrogen-bond acceptors (Lipinski definition) is 5. The molecule has 3 amide bonds. The van der Waals surface area contributed by atoms with Gasteiger partial charge in [0.15, 0.2) is 6.61 Å². The Hall–Kier alpha value is -2.82. The van der Waals surface area contributed by atoms with Gasteiger partial charge in [-0.2, -0.15) is 13.2 Å². The summed E-state index contributed by atoms with van der Waals surface area (Å²) in [5.74, 6) is -0.392. The number of piperidine rings is 1. The summed E-state index contributed by atoms with van der Waals surface area (Å²) in [5.41, 5.74) is 0.736. The van der Waals surface area contributed by atoms with E-state index in [-0.39, 0.29) is 37.4 Å². The SMILES string of the molecule is O=C(CN1CCN(C(=O)C2CCN(C(=O)OCC(F)(F)F)CC2)CC1)Nc1ccccc1. The lowest BCUT2D eigenvalue weighted by molar-refractivity contribution is -0.162. The lowest BCUT2D eigenvalue weighted by Gasteiger charge is -2.38. The van der Waals surface area contributed by atoms with Crippen molar-refractivity contribution in [3.05, 3.63) is 30.3 Å². The molecule has 8 nitrogen and oxygen atoms in total. The summed E-state index contributed by atoms with van der Waals surface area (Å²) in [6.07, 6.45) is -4.79. The van der Waals surface area contributed by atoms with Gasteiger partial charge < -0.3 is 19.9 Å². The summed E-state index contributed by atoms with van der Waals surface area (Å²) in [6, 6.07) is 9.19. The zero-order valence-electron chi connectivity index (χ0n) is 17.6. The topological polar surface area (TPSA) is 82.2 Å². The Morgan fingerprint density at radius 2 is 1.56 bits per heavy atom. The van der Waals surface area contributed by atoms with Crippen LogP contribution in [-0.2, 0) is 14.3 Å². The van der Waals surface area contributed by atoms with Crippen LogP contribution >= 0.6 is 0 Å². The third kappa shape index (κ3) is 7.11. The number of ether oxygens (including phenoxy) is 1. The van der Waals surface area contributed by atoms with Crippen molar-refractivity contribution in [2.24, 2.45) is 5.92 Å². The number of amides is 3. The van der Waals surface area contributed by atoms with Crippen LogP contribution in [-0.4, -0.2) is 91.2 Å². The lowest BCUT2D eigenvalue weighted by Crippen LogP contribution is -2.53. The highest BCUT2D eigenvalue weighted by Gasteiger charge is 2.34. The number of likely N-dealkylation sites (tertiary alicyclic amines) is 1. The summed E-state index contributed by atoms with van der Waals surface area (Å²) < 4.78 is 40.8. The summed E-state index contributed by atoms with van der Waals surface area (Å²) in [4.78, 5) is 41.7. The van der Waals surface area contributed by atoms with E-state index in [4.69, 9.17) is 0 Å². The maximum absolute atomic E-state index is 12.8. The molecule has 0 spiro atoms. The lowest BCUT2D eigenvalue weighted by atomic mass is 9.95. The van der Waals surface area contributed by atoms with Gasteiger partial charge in [-0.1, -0.05) is 18.2 Å². The van der Waals surface area contributed by atoms with Crippen molar-refractivity contribution in [3.8, 4) is 0 Å². The van der Waals surface area contributed by atoms with E-state index in [1.807, 2.05) is 35.2 Å². The van der Waals surface area contributed by atoms with Gasteiger partial charge in [0.2, 0.25) is 11.8 Å². The molecule has 1 N–H and O–H groups in total. The minimum Gasteiger partial charge on any atom is -0.440 e. The number of hydrogen-bond donors (Lipinski definition) is 1. The Morgan fingerprint density at radius 1 is 0.938 bits per heavy atom. The molecule has 3 rings (SSSR count). The predicted octanol–water partition coefficient (Wildman–Crippen LogP) is 2.18. The first-order valence-corrected chi connectivity index (χ1v) is 10.6. The summed E-state index contributed by atoms with van der Waals surface area (Å²) in [6.45, 7) is 1.18. The van der Waals surface area contributed by atoms with Crippen LogP contribution in [0.2, 0.25) is 0 Å². The molecule has 0 aliphatic carbocycles. The second-order valence-electron chi connectivity index (χ2n) is 7.95. The van der Waals surface area contributed by atoms with E-state index in [1.54, 1.807) is 4.90 Å². The number of piperazine rings is 1. The Bertz CT molecular complexity index is 790. The smallest absolute Gasteiger partial charge is 0.422 e.